The summed E-state index contributed by atoms with van der Waals surface area (Å²) in [6.07, 6.45) is 2.78. The van der Waals surface area contributed by atoms with Crippen LogP contribution in [-0.4, -0.2) is 55.6 Å². The van der Waals surface area contributed by atoms with E-state index in [9.17, 15) is 14.9 Å². The first-order chi connectivity index (χ1) is 11.8. The minimum absolute atomic E-state index is 0.0576. The number of methoxy groups -OCH3 is 1. The molecule has 0 N–H and O–H groups in total. The predicted octanol–water partition coefficient (Wildman–Crippen LogP) is 2.56. The third kappa shape index (κ3) is 4.57. The van der Waals surface area contributed by atoms with Crippen LogP contribution < -0.4 is 4.90 Å². The topological polar surface area (TPSA) is 75.9 Å². The van der Waals surface area contributed by atoms with E-state index in [1.165, 1.54) is 25.3 Å². The minimum Gasteiger partial charge on any atom is -0.466 e. The van der Waals surface area contributed by atoms with Crippen LogP contribution in [0.2, 0.25) is 0 Å². The average molecular weight is 347 g/mol. The number of carbonyl (C=O) groups excluding carboxylic acids is 1. The summed E-state index contributed by atoms with van der Waals surface area (Å²) in [6.45, 7) is 6.76. The van der Waals surface area contributed by atoms with Crippen molar-refractivity contribution >= 4 is 23.4 Å². The van der Waals surface area contributed by atoms with Crippen molar-refractivity contribution in [2.45, 2.75) is 19.9 Å². The molecule has 25 heavy (non-hydrogen) atoms. The maximum absolute atomic E-state index is 11.6. The lowest BCUT2D eigenvalue weighted by Crippen LogP contribution is -2.54. The molecule has 1 heterocycles. The minimum atomic E-state index is -0.495. The Bertz CT molecular complexity index is 672. The molecule has 0 amide bonds. The maximum atomic E-state index is 11.6. The van der Waals surface area contributed by atoms with E-state index in [-0.39, 0.29) is 16.7 Å². The fourth-order valence-corrected chi connectivity index (χ4v) is 3.09. The number of hydrogen-bond donors (Lipinski definition) is 0. The van der Waals surface area contributed by atoms with Crippen molar-refractivity contribution in [2.24, 2.45) is 5.92 Å². The van der Waals surface area contributed by atoms with Gasteiger partial charge in [0.1, 0.15) is 5.69 Å². The van der Waals surface area contributed by atoms with Crippen molar-refractivity contribution in [2.75, 3.05) is 38.7 Å². The molecular formula is C18H25N3O4. The van der Waals surface area contributed by atoms with Gasteiger partial charge in [-0.05, 0) is 30.7 Å². The fraction of sp³-hybridized carbons (Fsp3) is 0.500. The molecule has 136 valence electrons. The third-order valence-electron chi connectivity index (χ3n) is 4.51. The molecular weight excluding hydrogens is 322 g/mol. The summed E-state index contributed by atoms with van der Waals surface area (Å²) in [5, 5.41) is 11.6. The number of nitro benzene ring substituents is 1. The third-order valence-corrected chi connectivity index (χ3v) is 4.51. The molecule has 1 fully saturated rings. The molecule has 2 rings (SSSR count). The first kappa shape index (κ1) is 18.9. The van der Waals surface area contributed by atoms with Crippen LogP contribution in [0.15, 0.2) is 24.3 Å². The van der Waals surface area contributed by atoms with Gasteiger partial charge in [-0.25, -0.2) is 4.79 Å². The van der Waals surface area contributed by atoms with Crippen molar-refractivity contribution in [3.8, 4) is 0 Å². The molecule has 1 unspecified atom stereocenters. The molecule has 1 aromatic rings. The van der Waals surface area contributed by atoms with Crippen LogP contribution in [0.1, 0.15) is 19.4 Å². The van der Waals surface area contributed by atoms with Gasteiger partial charge in [-0.2, -0.15) is 0 Å². The summed E-state index contributed by atoms with van der Waals surface area (Å²) >= 11 is 0. The number of rotatable bonds is 5. The number of piperazine rings is 1. The molecule has 7 nitrogen and oxygen atoms in total. The highest BCUT2D eigenvalue weighted by Gasteiger charge is 2.31. The monoisotopic (exact) mass is 347 g/mol. The quantitative estimate of drug-likeness (QED) is 0.353. The Balaban J connectivity index is 2.38. The molecule has 0 saturated carbocycles. The zero-order valence-corrected chi connectivity index (χ0v) is 15.1. The standard InChI is InChI=1S/C18H25N3O4/c1-13(2)17-12-19(3)9-10-20(17)15-7-5-14(6-8-18(22)25-4)11-16(15)21(23)24/h5-8,11,13,17H,9-10,12H2,1-4H3/b8-6-. The van der Waals surface area contributed by atoms with E-state index < -0.39 is 5.97 Å². The number of ether oxygens (including phenoxy) is 1. The molecule has 0 radical (unpaired) electrons. The average Bonchev–Trinajstić information content (AvgIpc) is 2.59. The molecule has 0 aliphatic carbocycles. The summed E-state index contributed by atoms with van der Waals surface area (Å²) in [5.74, 6) is -0.119. The zero-order valence-electron chi connectivity index (χ0n) is 15.1. The van der Waals surface area contributed by atoms with Crippen LogP contribution in [-0.2, 0) is 9.53 Å². The second kappa shape index (κ2) is 8.11. The van der Waals surface area contributed by atoms with Crippen molar-refractivity contribution < 1.29 is 14.5 Å². The lowest BCUT2D eigenvalue weighted by atomic mass is 9.98. The second-order valence-corrected chi connectivity index (χ2v) is 6.63. The van der Waals surface area contributed by atoms with Crippen LogP contribution in [0.25, 0.3) is 6.08 Å². The van der Waals surface area contributed by atoms with Gasteiger partial charge in [0.15, 0.2) is 0 Å². The summed E-state index contributed by atoms with van der Waals surface area (Å²) in [6, 6.07) is 5.28. The first-order valence-corrected chi connectivity index (χ1v) is 8.33. The van der Waals surface area contributed by atoms with Gasteiger partial charge in [-0.15, -0.1) is 0 Å². The Morgan fingerprint density at radius 1 is 1.40 bits per heavy atom. The van der Waals surface area contributed by atoms with Gasteiger partial charge in [-0.1, -0.05) is 19.9 Å². The van der Waals surface area contributed by atoms with Gasteiger partial charge >= 0.3 is 5.97 Å². The Labute approximate surface area is 148 Å². The van der Waals surface area contributed by atoms with Crippen LogP contribution >= 0.6 is 0 Å². The van der Waals surface area contributed by atoms with E-state index in [1.807, 2.05) is 0 Å². The molecule has 0 bridgehead atoms. The van der Waals surface area contributed by atoms with E-state index in [4.69, 9.17) is 0 Å². The number of hydrogen-bond acceptors (Lipinski definition) is 6. The normalized spacial score (nSPS) is 18.8. The molecule has 1 aromatic carbocycles. The highest BCUT2D eigenvalue weighted by molar-refractivity contribution is 5.87. The highest BCUT2D eigenvalue weighted by atomic mass is 16.6. The summed E-state index contributed by atoms with van der Waals surface area (Å²) in [7, 11) is 3.36. The van der Waals surface area contributed by atoms with Gasteiger partial charge in [0, 0.05) is 37.8 Å². The van der Waals surface area contributed by atoms with Crippen molar-refractivity contribution in [3.63, 3.8) is 0 Å². The smallest absolute Gasteiger partial charge is 0.330 e. The largest absolute Gasteiger partial charge is 0.466 e. The van der Waals surface area contributed by atoms with Crippen LogP contribution in [0.3, 0.4) is 0 Å². The van der Waals surface area contributed by atoms with E-state index in [1.54, 1.807) is 12.1 Å². The number of nitrogens with zero attached hydrogens (tertiary/aromatic N) is 3. The van der Waals surface area contributed by atoms with Gasteiger partial charge in [-0.3, -0.25) is 10.1 Å². The number of benzene rings is 1. The van der Waals surface area contributed by atoms with Crippen LogP contribution in [0, 0.1) is 16.0 Å². The van der Waals surface area contributed by atoms with Crippen molar-refractivity contribution in [3.05, 3.63) is 40.0 Å². The van der Waals surface area contributed by atoms with Crippen LogP contribution in [0.4, 0.5) is 11.4 Å². The number of esters is 1. The summed E-state index contributed by atoms with van der Waals surface area (Å²) in [4.78, 5) is 26.8. The Hall–Kier alpha value is -2.41. The molecule has 1 atom stereocenters. The van der Waals surface area contributed by atoms with E-state index in [0.29, 0.717) is 17.2 Å². The zero-order chi connectivity index (χ0) is 18.6. The summed E-state index contributed by atoms with van der Waals surface area (Å²) in [5.41, 5.74) is 1.28. The SMILES string of the molecule is COC(=O)/C=C\c1ccc(N2CCN(C)CC2C(C)C)c([N+](=O)[O-])c1. The lowest BCUT2D eigenvalue weighted by molar-refractivity contribution is -0.384. The molecule has 1 aliphatic heterocycles. The number of nitro groups is 1. The second-order valence-electron chi connectivity index (χ2n) is 6.63. The summed E-state index contributed by atoms with van der Waals surface area (Å²) < 4.78 is 4.55. The van der Waals surface area contributed by atoms with E-state index in [0.717, 1.165) is 19.6 Å². The van der Waals surface area contributed by atoms with Crippen molar-refractivity contribution in [1.82, 2.24) is 4.90 Å². The maximum Gasteiger partial charge on any atom is 0.330 e. The Morgan fingerprint density at radius 3 is 2.72 bits per heavy atom. The van der Waals surface area contributed by atoms with Crippen molar-refractivity contribution in [1.29, 1.82) is 0 Å². The molecule has 1 aliphatic rings. The molecule has 0 aromatic heterocycles. The van der Waals surface area contributed by atoms with Gasteiger partial charge in [0.25, 0.3) is 5.69 Å². The lowest BCUT2D eigenvalue weighted by Gasteiger charge is -2.43. The number of carbonyl (C=O) groups is 1. The Morgan fingerprint density at radius 2 is 2.12 bits per heavy atom. The Kier molecular flexibility index (Phi) is 6.14. The molecule has 7 heteroatoms. The first-order valence-electron chi connectivity index (χ1n) is 8.33. The van der Waals surface area contributed by atoms with Crippen LogP contribution in [0.5, 0.6) is 0 Å². The van der Waals surface area contributed by atoms with E-state index in [2.05, 4.69) is 35.4 Å². The van der Waals surface area contributed by atoms with Gasteiger partial charge in [0.05, 0.1) is 12.0 Å². The number of anilines is 1. The van der Waals surface area contributed by atoms with E-state index >= 15 is 0 Å². The van der Waals surface area contributed by atoms with Gasteiger partial charge in [0.2, 0.25) is 0 Å². The number of likely N-dealkylation sites (N-methyl/N-ethyl adjacent to an activating group) is 1. The van der Waals surface area contributed by atoms with Gasteiger partial charge < -0.3 is 14.5 Å². The molecule has 1 saturated heterocycles. The molecule has 0 spiro atoms. The predicted molar refractivity (Wildman–Crippen MR) is 97.6 cm³/mol. The highest BCUT2D eigenvalue weighted by Crippen LogP contribution is 2.33. The fourth-order valence-electron chi connectivity index (χ4n) is 3.09.